The molecule has 1 saturated carbocycles. The average Bonchev–Trinajstić information content (AvgIpc) is 3.17. The second-order valence-electron chi connectivity index (χ2n) is 5.78. The van der Waals surface area contributed by atoms with Crippen molar-refractivity contribution < 1.29 is 9.84 Å². The number of aliphatic hydroxyl groups excluding tert-OH is 1. The van der Waals surface area contributed by atoms with Gasteiger partial charge in [-0.2, -0.15) is 0 Å². The number of aliphatic hydroxyl groups is 1. The Bertz CT molecular complexity index is 213. The molecule has 0 amide bonds. The van der Waals surface area contributed by atoms with Gasteiger partial charge in [-0.15, -0.1) is 0 Å². The van der Waals surface area contributed by atoms with Crippen molar-refractivity contribution in [2.75, 3.05) is 13.2 Å². The van der Waals surface area contributed by atoms with Crippen LogP contribution in [0.3, 0.4) is 0 Å². The van der Waals surface area contributed by atoms with E-state index in [4.69, 9.17) is 4.74 Å². The molecule has 2 unspecified atom stereocenters. The highest BCUT2D eigenvalue weighted by molar-refractivity contribution is 4.94. The second-order valence-corrected chi connectivity index (χ2v) is 5.78. The van der Waals surface area contributed by atoms with Gasteiger partial charge in [-0.1, -0.05) is 20.3 Å². The van der Waals surface area contributed by atoms with Crippen LogP contribution in [0, 0.1) is 0 Å². The summed E-state index contributed by atoms with van der Waals surface area (Å²) >= 11 is 0. The van der Waals surface area contributed by atoms with Gasteiger partial charge in [-0.05, 0) is 45.4 Å². The lowest BCUT2D eigenvalue weighted by Crippen LogP contribution is -2.49. The molecule has 1 rings (SSSR count). The van der Waals surface area contributed by atoms with Gasteiger partial charge >= 0.3 is 0 Å². The number of nitrogens with one attached hydrogen (secondary N) is 1. The van der Waals surface area contributed by atoms with E-state index in [1.807, 2.05) is 0 Å². The number of rotatable bonds is 11. The summed E-state index contributed by atoms with van der Waals surface area (Å²) in [7, 11) is 0. The summed E-state index contributed by atoms with van der Waals surface area (Å²) in [5.74, 6) is 0. The van der Waals surface area contributed by atoms with Crippen molar-refractivity contribution in [1.29, 1.82) is 0 Å². The molecule has 0 aromatic heterocycles. The first kappa shape index (κ1) is 15.9. The summed E-state index contributed by atoms with van der Waals surface area (Å²) in [6.45, 7) is 7.55. The van der Waals surface area contributed by atoms with Crippen molar-refractivity contribution >= 4 is 0 Å². The Morgan fingerprint density at radius 1 is 1.39 bits per heavy atom. The molecular formula is C15H31NO2. The first-order valence-corrected chi connectivity index (χ1v) is 7.66. The van der Waals surface area contributed by atoms with Crippen molar-refractivity contribution in [3.8, 4) is 0 Å². The van der Waals surface area contributed by atoms with Crippen molar-refractivity contribution in [3.05, 3.63) is 0 Å². The normalized spacial score (nSPS) is 20.7. The van der Waals surface area contributed by atoms with E-state index < -0.39 is 0 Å². The van der Waals surface area contributed by atoms with Crippen LogP contribution >= 0.6 is 0 Å². The van der Waals surface area contributed by atoms with E-state index in [0.29, 0.717) is 12.1 Å². The molecule has 0 heterocycles. The Morgan fingerprint density at radius 2 is 2.11 bits per heavy atom. The molecule has 2 atom stereocenters. The van der Waals surface area contributed by atoms with Gasteiger partial charge in [-0.3, -0.25) is 0 Å². The predicted molar refractivity (Wildman–Crippen MR) is 75.8 cm³/mol. The number of ether oxygens (including phenoxy) is 1. The fourth-order valence-corrected chi connectivity index (χ4v) is 2.43. The molecular weight excluding hydrogens is 226 g/mol. The average molecular weight is 257 g/mol. The molecule has 0 aliphatic heterocycles. The lowest BCUT2D eigenvalue weighted by atomic mass is 9.91. The van der Waals surface area contributed by atoms with Crippen LogP contribution in [-0.2, 0) is 4.74 Å². The first-order valence-electron chi connectivity index (χ1n) is 7.66. The fraction of sp³-hybridized carbons (Fsp3) is 1.00. The maximum atomic E-state index is 9.64. The molecule has 0 spiro atoms. The van der Waals surface area contributed by atoms with Gasteiger partial charge in [0.15, 0.2) is 0 Å². The summed E-state index contributed by atoms with van der Waals surface area (Å²) in [6.07, 6.45) is 8.26. The molecule has 1 aliphatic rings. The largest absolute Gasteiger partial charge is 0.394 e. The highest BCUT2D eigenvalue weighted by Gasteiger charge is 2.33. The molecule has 3 heteroatoms. The Hall–Kier alpha value is -0.120. The third kappa shape index (κ3) is 5.68. The van der Waals surface area contributed by atoms with E-state index in [-0.39, 0.29) is 12.1 Å². The quantitative estimate of drug-likeness (QED) is 0.559. The molecule has 0 aromatic carbocycles. The number of hydrogen-bond donors (Lipinski definition) is 2. The van der Waals surface area contributed by atoms with Crippen LogP contribution in [0.5, 0.6) is 0 Å². The van der Waals surface area contributed by atoms with Gasteiger partial charge in [0.25, 0.3) is 0 Å². The minimum Gasteiger partial charge on any atom is -0.394 e. The lowest BCUT2D eigenvalue weighted by Gasteiger charge is -2.32. The SMILES string of the molecule is CCCC(C)OCCCC(CC)(CO)NC1CC1. The summed E-state index contributed by atoms with van der Waals surface area (Å²) in [6, 6.07) is 0.650. The third-order valence-electron chi connectivity index (χ3n) is 3.96. The van der Waals surface area contributed by atoms with E-state index in [1.54, 1.807) is 0 Å². The van der Waals surface area contributed by atoms with Crippen molar-refractivity contribution in [3.63, 3.8) is 0 Å². The van der Waals surface area contributed by atoms with Crippen LogP contribution < -0.4 is 5.32 Å². The second kappa shape index (κ2) is 8.13. The van der Waals surface area contributed by atoms with E-state index in [0.717, 1.165) is 32.3 Å². The Kier molecular flexibility index (Phi) is 7.20. The molecule has 0 aromatic rings. The molecule has 1 fully saturated rings. The fourth-order valence-electron chi connectivity index (χ4n) is 2.43. The Labute approximate surface area is 112 Å². The van der Waals surface area contributed by atoms with Crippen LogP contribution in [0.2, 0.25) is 0 Å². The van der Waals surface area contributed by atoms with Gasteiger partial charge in [0.2, 0.25) is 0 Å². The molecule has 18 heavy (non-hydrogen) atoms. The van der Waals surface area contributed by atoms with E-state index in [1.165, 1.54) is 19.3 Å². The molecule has 2 N–H and O–H groups in total. The van der Waals surface area contributed by atoms with Crippen LogP contribution in [-0.4, -0.2) is 36.0 Å². The third-order valence-corrected chi connectivity index (χ3v) is 3.96. The lowest BCUT2D eigenvalue weighted by molar-refractivity contribution is 0.0482. The first-order chi connectivity index (χ1) is 8.65. The van der Waals surface area contributed by atoms with Gasteiger partial charge in [0.1, 0.15) is 0 Å². The minimum absolute atomic E-state index is 0.0709. The zero-order chi connectivity index (χ0) is 13.4. The highest BCUT2D eigenvalue weighted by Crippen LogP contribution is 2.26. The van der Waals surface area contributed by atoms with Crippen LogP contribution in [0.15, 0.2) is 0 Å². The van der Waals surface area contributed by atoms with Crippen LogP contribution in [0.25, 0.3) is 0 Å². The summed E-state index contributed by atoms with van der Waals surface area (Å²) in [5, 5.41) is 13.3. The van der Waals surface area contributed by atoms with Gasteiger partial charge < -0.3 is 15.2 Å². The highest BCUT2D eigenvalue weighted by atomic mass is 16.5. The van der Waals surface area contributed by atoms with Gasteiger partial charge in [-0.25, -0.2) is 0 Å². The monoisotopic (exact) mass is 257 g/mol. The Balaban J connectivity index is 2.20. The van der Waals surface area contributed by atoms with E-state index in [2.05, 4.69) is 26.1 Å². The molecule has 3 nitrogen and oxygen atoms in total. The van der Waals surface area contributed by atoms with Crippen LogP contribution in [0.1, 0.15) is 65.7 Å². The summed E-state index contributed by atoms with van der Waals surface area (Å²) in [5.41, 5.74) is -0.0709. The van der Waals surface area contributed by atoms with E-state index >= 15 is 0 Å². The standard InChI is InChI=1S/C15H31NO2/c1-4-7-13(3)18-11-6-10-15(5-2,12-17)16-14-8-9-14/h13-14,16-17H,4-12H2,1-3H3. The Morgan fingerprint density at radius 3 is 2.61 bits per heavy atom. The molecule has 1 aliphatic carbocycles. The zero-order valence-corrected chi connectivity index (χ0v) is 12.4. The zero-order valence-electron chi connectivity index (χ0n) is 12.4. The van der Waals surface area contributed by atoms with Gasteiger partial charge in [0.05, 0.1) is 12.7 Å². The van der Waals surface area contributed by atoms with Crippen molar-refractivity contribution in [2.45, 2.75) is 83.4 Å². The van der Waals surface area contributed by atoms with Gasteiger partial charge in [0, 0.05) is 18.2 Å². The molecule has 0 saturated heterocycles. The maximum absolute atomic E-state index is 9.64. The topological polar surface area (TPSA) is 41.5 Å². The maximum Gasteiger partial charge on any atom is 0.0613 e. The van der Waals surface area contributed by atoms with Crippen molar-refractivity contribution in [1.82, 2.24) is 5.32 Å². The molecule has 0 bridgehead atoms. The number of hydrogen-bond acceptors (Lipinski definition) is 3. The van der Waals surface area contributed by atoms with Crippen LogP contribution in [0.4, 0.5) is 0 Å². The summed E-state index contributed by atoms with van der Waals surface area (Å²) in [4.78, 5) is 0. The van der Waals surface area contributed by atoms with Crippen molar-refractivity contribution in [2.24, 2.45) is 0 Å². The van der Waals surface area contributed by atoms with E-state index in [9.17, 15) is 5.11 Å². The molecule has 108 valence electrons. The predicted octanol–water partition coefficient (Wildman–Crippen LogP) is 2.86. The molecule has 0 radical (unpaired) electrons. The smallest absolute Gasteiger partial charge is 0.0613 e. The minimum atomic E-state index is -0.0709. The summed E-state index contributed by atoms with van der Waals surface area (Å²) < 4.78 is 5.78.